The molecule has 0 bridgehead atoms. The molecule has 0 radical (unpaired) electrons. The highest BCUT2D eigenvalue weighted by Crippen LogP contribution is 2.35. The van der Waals surface area contributed by atoms with Gasteiger partial charge in [0.1, 0.15) is 28.5 Å². The number of methoxy groups -OCH3 is 1. The highest BCUT2D eigenvalue weighted by molar-refractivity contribution is 6.00. The number of aromatic nitrogens is 6. The molecule has 0 saturated carbocycles. The number of pyridine rings is 3. The molecule has 0 amide bonds. The van der Waals surface area contributed by atoms with Crippen LogP contribution in [-0.4, -0.2) is 42.3 Å². The smallest absolute Gasteiger partial charge is 0.135 e. The van der Waals surface area contributed by atoms with Crippen molar-refractivity contribution >= 4 is 21.9 Å². The summed E-state index contributed by atoms with van der Waals surface area (Å²) >= 11 is 0. The van der Waals surface area contributed by atoms with Crippen molar-refractivity contribution in [3.63, 3.8) is 0 Å². The van der Waals surface area contributed by atoms with Crippen LogP contribution in [0.25, 0.3) is 55.7 Å². The molecule has 8 nitrogen and oxygen atoms in total. The molecular weight excluding hydrogens is 435 g/mol. The summed E-state index contributed by atoms with van der Waals surface area (Å²) in [5, 5.41) is 18.1. The Balaban J connectivity index is 1.50. The van der Waals surface area contributed by atoms with Gasteiger partial charge in [-0.15, -0.1) is 0 Å². The molecule has 0 atom stereocenters. The molecule has 6 rings (SSSR count). The SMILES string of the molecule is COc1cc(F)cc(-c2cncc3[nH]c(-c4n[nH]c5ccc(-c6cncc(O)c6)nc45)cc23)c1. The van der Waals surface area contributed by atoms with Gasteiger partial charge in [-0.2, -0.15) is 5.10 Å². The third-order valence-corrected chi connectivity index (χ3v) is 5.65. The van der Waals surface area contributed by atoms with Gasteiger partial charge in [-0.3, -0.25) is 15.1 Å². The van der Waals surface area contributed by atoms with Crippen molar-refractivity contribution in [3.8, 4) is 45.3 Å². The van der Waals surface area contributed by atoms with Crippen LogP contribution >= 0.6 is 0 Å². The van der Waals surface area contributed by atoms with Crippen LogP contribution in [-0.2, 0) is 0 Å². The van der Waals surface area contributed by atoms with Gasteiger partial charge in [0, 0.05) is 35.0 Å². The predicted molar refractivity (Wildman–Crippen MR) is 126 cm³/mol. The van der Waals surface area contributed by atoms with E-state index >= 15 is 0 Å². The third-order valence-electron chi connectivity index (χ3n) is 5.65. The number of halogens is 1. The minimum atomic E-state index is -0.390. The number of H-pyrrole nitrogens is 2. The van der Waals surface area contributed by atoms with Crippen molar-refractivity contribution < 1.29 is 14.2 Å². The minimum Gasteiger partial charge on any atom is -0.506 e. The van der Waals surface area contributed by atoms with Crippen LogP contribution in [0.4, 0.5) is 4.39 Å². The Morgan fingerprint density at radius 3 is 2.65 bits per heavy atom. The van der Waals surface area contributed by atoms with Crippen LogP contribution in [0.15, 0.2) is 67.3 Å². The summed E-state index contributed by atoms with van der Waals surface area (Å²) in [5.74, 6) is 0.106. The fraction of sp³-hybridized carbons (Fsp3) is 0.0400. The Kier molecular flexibility index (Phi) is 4.48. The number of benzene rings is 1. The number of ether oxygens (including phenoxy) is 1. The highest BCUT2D eigenvalue weighted by atomic mass is 19.1. The van der Waals surface area contributed by atoms with Gasteiger partial charge in [-0.05, 0) is 42.0 Å². The molecule has 0 aliphatic rings. The first kappa shape index (κ1) is 19.9. The monoisotopic (exact) mass is 452 g/mol. The second-order valence-corrected chi connectivity index (χ2v) is 7.81. The molecule has 9 heteroatoms. The first-order valence-corrected chi connectivity index (χ1v) is 10.4. The van der Waals surface area contributed by atoms with Crippen molar-refractivity contribution in [3.05, 3.63) is 73.1 Å². The molecule has 3 N–H and O–H groups in total. The van der Waals surface area contributed by atoms with E-state index in [1.54, 1.807) is 30.7 Å². The molecule has 0 spiro atoms. The van der Waals surface area contributed by atoms with Gasteiger partial charge >= 0.3 is 0 Å². The zero-order valence-corrected chi connectivity index (χ0v) is 17.9. The van der Waals surface area contributed by atoms with E-state index in [2.05, 4.69) is 25.1 Å². The van der Waals surface area contributed by atoms with Crippen LogP contribution in [0.3, 0.4) is 0 Å². The molecule has 5 heterocycles. The molecule has 0 fully saturated rings. The summed E-state index contributed by atoms with van der Waals surface area (Å²) in [6.07, 6.45) is 6.42. The van der Waals surface area contributed by atoms with Gasteiger partial charge in [0.15, 0.2) is 0 Å². The molecule has 0 aliphatic carbocycles. The van der Waals surface area contributed by atoms with Crippen molar-refractivity contribution in [2.24, 2.45) is 0 Å². The van der Waals surface area contributed by atoms with Gasteiger partial charge in [-0.1, -0.05) is 0 Å². The molecule has 0 saturated heterocycles. The fourth-order valence-corrected chi connectivity index (χ4v) is 4.06. The second-order valence-electron chi connectivity index (χ2n) is 7.81. The van der Waals surface area contributed by atoms with Crippen LogP contribution in [0, 0.1) is 5.82 Å². The fourth-order valence-electron chi connectivity index (χ4n) is 4.06. The van der Waals surface area contributed by atoms with Crippen molar-refractivity contribution in [2.75, 3.05) is 7.11 Å². The Hall–Kier alpha value is -4.79. The summed E-state index contributed by atoms with van der Waals surface area (Å²) in [4.78, 5) is 16.5. The average Bonchev–Trinajstić information content (AvgIpc) is 3.47. The Morgan fingerprint density at radius 1 is 0.912 bits per heavy atom. The Bertz CT molecular complexity index is 1690. The number of aromatic amines is 2. The topological polar surface area (TPSA) is 113 Å². The zero-order valence-electron chi connectivity index (χ0n) is 17.9. The lowest BCUT2D eigenvalue weighted by Crippen LogP contribution is -1.88. The second kappa shape index (κ2) is 7.66. The lowest BCUT2D eigenvalue weighted by Gasteiger charge is -2.06. The van der Waals surface area contributed by atoms with E-state index < -0.39 is 5.82 Å². The quantitative estimate of drug-likeness (QED) is 0.344. The molecule has 1 aromatic carbocycles. The average molecular weight is 452 g/mol. The Labute approximate surface area is 192 Å². The highest BCUT2D eigenvalue weighted by Gasteiger charge is 2.16. The number of hydrogen-bond acceptors (Lipinski definition) is 6. The minimum absolute atomic E-state index is 0.0661. The molecular formula is C25H17FN6O2. The van der Waals surface area contributed by atoms with Crippen LogP contribution in [0.1, 0.15) is 0 Å². The maximum absolute atomic E-state index is 14.2. The van der Waals surface area contributed by atoms with Crippen LogP contribution in [0.2, 0.25) is 0 Å². The van der Waals surface area contributed by atoms with Crippen molar-refractivity contribution in [2.45, 2.75) is 0 Å². The predicted octanol–water partition coefficient (Wildman–Crippen LogP) is 5.08. The van der Waals surface area contributed by atoms with Gasteiger partial charge in [0.05, 0.1) is 41.9 Å². The summed E-state index contributed by atoms with van der Waals surface area (Å²) in [7, 11) is 1.50. The normalized spacial score (nSPS) is 11.4. The van der Waals surface area contributed by atoms with E-state index in [1.165, 1.54) is 25.4 Å². The van der Waals surface area contributed by atoms with Gasteiger partial charge in [-0.25, -0.2) is 9.37 Å². The number of aromatic hydroxyl groups is 1. The summed E-state index contributed by atoms with van der Waals surface area (Å²) < 4.78 is 19.4. The molecule has 34 heavy (non-hydrogen) atoms. The largest absolute Gasteiger partial charge is 0.506 e. The standard InChI is InChI=1S/C25H17FN6O2/c1-34-17-6-13(4-15(26)7-17)19-11-28-12-23-18(19)8-22(29-23)25-24-21(31-32-25)3-2-20(30-24)14-5-16(33)10-27-9-14/h2-12,29,33H,1H3,(H,31,32). The first-order chi connectivity index (χ1) is 16.6. The van der Waals surface area contributed by atoms with E-state index in [4.69, 9.17) is 9.72 Å². The number of nitrogens with one attached hydrogen (secondary N) is 2. The van der Waals surface area contributed by atoms with Gasteiger partial charge < -0.3 is 14.8 Å². The maximum atomic E-state index is 14.2. The first-order valence-electron chi connectivity index (χ1n) is 10.4. The number of fused-ring (bicyclic) bond motifs is 2. The third kappa shape index (κ3) is 3.30. The summed E-state index contributed by atoms with van der Waals surface area (Å²) in [6.45, 7) is 0. The molecule has 0 unspecified atom stereocenters. The van der Waals surface area contributed by atoms with E-state index in [0.717, 1.165) is 27.7 Å². The number of nitrogens with zero attached hydrogens (tertiary/aromatic N) is 4. The molecule has 166 valence electrons. The van der Waals surface area contributed by atoms with Gasteiger partial charge in [0.25, 0.3) is 0 Å². The molecule has 6 aromatic rings. The summed E-state index contributed by atoms with van der Waals surface area (Å²) in [5.41, 5.74) is 6.33. The van der Waals surface area contributed by atoms with Crippen LogP contribution in [0.5, 0.6) is 11.5 Å². The molecule has 5 aromatic heterocycles. The van der Waals surface area contributed by atoms with Gasteiger partial charge in [0.2, 0.25) is 0 Å². The van der Waals surface area contributed by atoms with E-state index in [0.29, 0.717) is 33.8 Å². The number of hydrogen-bond donors (Lipinski definition) is 3. The van der Waals surface area contributed by atoms with E-state index in [1.807, 2.05) is 18.2 Å². The van der Waals surface area contributed by atoms with E-state index in [-0.39, 0.29) is 5.75 Å². The lowest BCUT2D eigenvalue weighted by atomic mass is 10.0. The zero-order chi connectivity index (χ0) is 23.2. The molecule has 0 aliphatic heterocycles. The van der Waals surface area contributed by atoms with E-state index in [9.17, 15) is 9.50 Å². The lowest BCUT2D eigenvalue weighted by molar-refractivity contribution is 0.411. The van der Waals surface area contributed by atoms with Crippen molar-refractivity contribution in [1.29, 1.82) is 0 Å². The maximum Gasteiger partial charge on any atom is 0.135 e. The Morgan fingerprint density at radius 2 is 1.79 bits per heavy atom. The van der Waals surface area contributed by atoms with Crippen molar-refractivity contribution in [1.82, 2.24) is 30.1 Å². The van der Waals surface area contributed by atoms with Crippen LogP contribution < -0.4 is 4.74 Å². The summed E-state index contributed by atoms with van der Waals surface area (Å²) in [6, 6.07) is 11.8. The number of rotatable bonds is 4.